The second kappa shape index (κ2) is 4.73. The second-order valence-corrected chi connectivity index (χ2v) is 5.08. The molecule has 0 aliphatic carbocycles. The highest BCUT2D eigenvalue weighted by Gasteiger charge is 2.52. The zero-order valence-electron chi connectivity index (χ0n) is 10.9. The molecule has 2 aliphatic heterocycles. The van der Waals surface area contributed by atoms with Crippen molar-refractivity contribution in [2.45, 2.75) is 24.8 Å². The lowest BCUT2D eigenvalue weighted by Crippen LogP contribution is -2.53. The molecule has 2 N–H and O–H groups in total. The molecule has 20 heavy (non-hydrogen) atoms. The van der Waals surface area contributed by atoms with Crippen LogP contribution >= 0.6 is 0 Å². The maximum absolute atomic E-state index is 12.8. The van der Waals surface area contributed by atoms with Crippen molar-refractivity contribution in [1.82, 2.24) is 15.2 Å². The fourth-order valence-corrected chi connectivity index (χ4v) is 2.96. The van der Waals surface area contributed by atoms with Gasteiger partial charge in [0.05, 0.1) is 6.20 Å². The molecule has 1 aromatic rings. The van der Waals surface area contributed by atoms with E-state index in [0.717, 1.165) is 12.6 Å². The number of rotatable bonds is 1. The fourth-order valence-electron chi connectivity index (χ4n) is 2.96. The first-order valence-electron chi connectivity index (χ1n) is 6.60. The van der Waals surface area contributed by atoms with Gasteiger partial charge in [-0.25, -0.2) is 14.2 Å². The summed E-state index contributed by atoms with van der Waals surface area (Å²) >= 11 is 0. The van der Waals surface area contributed by atoms with Crippen LogP contribution in [0.15, 0.2) is 18.3 Å². The molecule has 6 nitrogen and oxygen atoms in total. The molecule has 7 heteroatoms. The number of likely N-dealkylation sites (tertiary alicyclic amines) is 1. The zero-order chi connectivity index (χ0) is 14.2. The van der Waals surface area contributed by atoms with Crippen LogP contribution in [0.1, 0.15) is 19.3 Å². The third-order valence-corrected chi connectivity index (χ3v) is 3.94. The number of carbonyl (C=O) groups excluding carboxylic acids is 2. The topological polar surface area (TPSA) is 74.3 Å². The van der Waals surface area contributed by atoms with Crippen LogP contribution in [0.5, 0.6) is 0 Å². The lowest BCUT2D eigenvalue weighted by Gasteiger charge is -2.32. The summed E-state index contributed by atoms with van der Waals surface area (Å²) in [5.41, 5.74) is -0.718. The van der Waals surface area contributed by atoms with Gasteiger partial charge in [0.25, 0.3) is 0 Å². The number of anilines is 1. The average Bonchev–Trinajstić information content (AvgIpc) is 3.01. The van der Waals surface area contributed by atoms with Gasteiger partial charge in [0, 0.05) is 13.1 Å². The molecular weight excluding hydrogens is 263 g/mol. The molecule has 2 fully saturated rings. The SMILES string of the molecule is O=C(Nc1ccc(F)cn1)N1CCCC12CCNC2=O. The number of nitrogens with zero attached hydrogens (tertiary/aromatic N) is 2. The Hall–Kier alpha value is -2.18. The predicted octanol–water partition coefficient (Wildman–Crippen LogP) is 1.11. The Balaban J connectivity index is 1.76. The van der Waals surface area contributed by atoms with Gasteiger partial charge in [0.1, 0.15) is 17.2 Å². The lowest BCUT2D eigenvalue weighted by molar-refractivity contribution is -0.127. The number of urea groups is 1. The van der Waals surface area contributed by atoms with Crippen LogP contribution in [-0.2, 0) is 4.79 Å². The highest BCUT2D eigenvalue weighted by Crippen LogP contribution is 2.35. The molecule has 1 aromatic heterocycles. The minimum Gasteiger partial charge on any atom is -0.354 e. The monoisotopic (exact) mass is 278 g/mol. The third-order valence-electron chi connectivity index (χ3n) is 3.94. The molecule has 1 spiro atoms. The van der Waals surface area contributed by atoms with Crippen molar-refractivity contribution < 1.29 is 14.0 Å². The van der Waals surface area contributed by atoms with Crippen LogP contribution in [0, 0.1) is 5.82 Å². The Kier molecular flexibility index (Phi) is 3.04. The van der Waals surface area contributed by atoms with Crippen molar-refractivity contribution >= 4 is 17.8 Å². The molecular formula is C13H15FN4O2. The normalized spacial score (nSPS) is 25.1. The molecule has 3 heterocycles. The number of aromatic nitrogens is 1. The summed E-state index contributed by atoms with van der Waals surface area (Å²) in [5.74, 6) is -0.273. The van der Waals surface area contributed by atoms with Crippen LogP contribution in [0.3, 0.4) is 0 Å². The van der Waals surface area contributed by atoms with E-state index in [1.165, 1.54) is 12.1 Å². The quantitative estimate of drug-likeness (QED) is 0.808. The van der Waals surface area contributed by atoms with Gasteiger partial charge in [0.15, 0.2) is 0 Å². The van der Waals surface area contributed by atoms with Crippen LogP contribution in [0.25, 0.3) is 0 Å². The number of amides is 3. The summed E-state index contributed by atoms with van der Waals surface area (Å²) in [7, 11) is 0. The molecule has 0 radical (unpaired) electrons. The molecule has 2 aliphatic rings. The van der Waals surface area contributed by atoms with Crippen LogP contribution in [-0.4, -0.2) is 40.5 Å². The maximum Gasteiger partial charge on any atom is 0.323 e. The number of hydrogen-bond acceptors (Lipinski definition) is 3. The Bertz CT molecular complexity index is 544. The van der Waals surface area contributed by atoms with Gasteiger partial charge in [0.2, 0.25) is 5.91 Å². The second-order valence-electron chi connectivity index (χ2n) is 5.08. The van der Waals surface area contributed by atoms with Gasteiger partial charge < -0.3 is 10.2 Å². The number of nitrogens with one attached hydrogen (secondary N) is 2. The maximum atomic E-state index is 12.8. The molecule has 1 atom stereocenters. The van der Waals surface area contributed by atoms with E-state index in [9.17, 15) is 14.0 Å². The summed E-state index contributed by atoms with van der Waals surface area (Å²) in [6.07, 6.45) is 3.16. The van der Waals surface area contributed by atoms with E-state index < -0.39 is 11.4 Å². The largest absolute Gasteiger partial charge is 0.354 e. The molecule has 2 saturated heterocycles. The van der Waals surface area contributed by atoms with Crippen molar-refractivity contribution in [2.75, 3.05) is 18.4 Å². The minimum absolute atomic E-state index is 0.0859. The van der Waals surface area contributed by atoms with E-state index in [2.05, 4.69) is 15.6 Å². The first-order chi connectivity index (χ1) is 9.62. The van der Waals surface area contributed by atoms with Crippen molar-refractivity contribution in [3.8, 4) is 0 Å². The summed E-state index contributed by atoms with van der Waals surface area (Å²) in [5, 5.41) is 5.39. The summed E-state index contributed by atoms with van der Waals surface area (Å²) in [4.78, 5) is 29.7. The highest BCUT2D eigenvalue weighted by atomic mass is 19.1. The first-order valence-corrected chi connectivity index (χ1v) is 6.60. The predicted molar refractivity (Wildman–Crippen MR) is 69.5 cm³/mol. The van der Waals surface area contributed by atoms with Crippen LogP contribution < -0.4 is 10.6 Å². The Morgan fingerprint density at radius 3 is 2.95 bits per heavy atom. The van der Waals surface area contributed by atoms with Crippen molar-refractivity contribution in [2.24, 2.45) is 0 Å². The number of halogens is 1. The van der Waals surface area contributed by atoms with Gasteiger partial charge >= 0.3 is 6.03 Å². The van der Waals surface area contributed by atoms with Crippen LogP contribution in [0.2, 0.25) is 0 Å². The standard InChI is InChI=1S/C13H15FN4O2/c14-9-2-3-10(16-8-9)17-12(20)18-7-1-4-13(18)5-6-15-11(13)19/h2-3,8H,1,4-7H2,(H,15,19)(H,16,17,20). The lowest BCUT2D eigenvalue weighted by atomic mass is 9.94. The number of pyridine rings is 1. The molecule has 3 amide bonds. The van der Waals surface area contributed by atoms with Crippen molar-refractivity contribution in [3.05, 3.63) is 24.1 Å². The molecule has 0 saturated carbocycles. The Labute approximate surface area is 115 Å². The van der Waals surface area contributed by atoms with Gasteiger partial charge in [-0.1, -0.05) is 0 Å². The van der Waals surface area contributed by atoms with E-state index in [1.807, 2.05) is 0 Å². The van der Waals surface area contributed by atoms with E-state index in [1.54, 1.807) is 4.90 Å². The smallest absolute Gasteiger partial charge is 0.323 e. The minimum atomic E-state index is -0.718. The Morgan fingerprint density at radius 2 is 2.30 bits per heavy atom. The summed E-state index contributed by atoms with van der Waals surface area (Å²) in [6.45, 7) is 1.14. The van der Waals surface area contributed by atoms with Gasteiger partial charge in [-0.3, -0.25) is 10.1 Å². The van der Waals surface area contributed by atoms with Crippen molar-refractivity contribution in [3.63, 3.8) is 0 Å². The Morgan fingerprint density at radius 1 is 1.45 bits per heavy atom. The highest BCUT2D eigenvalue weighted by molar-refractivity contribution is 5.97. The molecule has 0 aromatic carbocycles. The third kappa shape index (κ3) is 1.99. The van der Waals surface area contributed by atoms with Gasteiger partial charge in [-0.15, -0.1) is 0 Å². The van der Waals surface area contributed by atoms with E-state index in [0.29, 0.717) is 25.9 Å². The van der Waals surface area contributed by atoms with Gasteiger partial charge in [-0.05, 0) is 31.4 Å². The average molecular weight is 278 g/mol. The molecule has 1 unspecified atom stereocenters. The zero-order valence-corrected chi connectivity index (χ0v) is 10.9. The first kappa shape index (κ1) is 12.8. The number of carbonyl (C=O) groups is 2. The van der Waals surface area contributed by atoms with Gasteiger partial charge in [-0.2, -0.15) is 0 Å². The fraction of sp³-hybridized carbons (Fsp3) is 0.462. The van der Waals surface area contributed by atoms with E-state index in [4.69, 9.17) is 0 Å². The molecule has 3 rings (SSSR count). The molecule has 0 bridgehead atoms. The molecule has 106 valence electrons. The van der Waals surface area contributed by atoms with Crippen molar-refractivity contribution in [1.29, 1.82) is 0 Å². The van der Waals surface area contributed by atoms with E-state index >= 15 is 0 Å². The number of hydrogen-bond donors (Lipinski definition) is 2. The summed E-state index contributed by atoms with van der Waals surface area (Å²) in [6, 6.07) is 2.26. The van der Waals surface area contributed by atoms with E-state index in [-0.39, 0.29) is 17.8 Å². The summed E-state index contributed by atoms with van der Waals surface area (Å²) < 4.78 is 12.8. The van der Waals surface area contributed by atoms with Crippen LogP contribution in [0.4, 0.5) is 15.0 Å².